The molecule has 0 bridgehead atoms. The molecule has 4 rings (SSSR count). The fourth-order valence-corrected chi connectivity index (χ4v) is 4.39. The van der Waals surface area contributed by atoms with Gasteiger partial charge in [0.15, 0.2) is 0 Å². The van der Waals surface area contributed by atoms with Gasteiger partial charge in [-0.15, -0.1) is 0 Å². The van der Waals surface area contributed by atoms with E-state index < -0.39 is 5.60 Å². The number of nitrogens with one attached hydrogen (secondary N) is 2. The van der Waals surface area contributed by atoms with Gasteiger partial charge in [-0.1, -0.05) is 30.7 Å². The summed E-state index contributed by atoms with van der Waals surface area (Å²) in [5.41, 5.74) is 1.76. The van der Waals surface area contributed by atoms with Crippen LogP contribution in [0.2, 0.25) is 0 Å². The number of imidazole rings is 1. The molecule has 1 aromatic heterocycles. The van der Waals surface area contributed by atoms with Crippen LogP contribution in [0, 0.1) is 0 Å². The molecule has 178 valence electrons. The third kappa shape index (κ3) is 5.12. The van der Waals surface area contributed by atoms with Crippen LogP contribution in [0.5, 0.6) is 0 Å². The van der Waals surface area contributed by atoms with E-state index in [1.54, 1.807) is 0 Å². The summed E-state index contributed by atoms with van der Waals surface area (Å²) in [5.74, 6) is 1.05. The molecule has 2 aliphatic rings. The van der Waals surface area contributed by atoms with Crippen molar-refractivity contribution in [2.45, 2.75) is 96.5 Å². The third-order valence-electron chi connectivity index (χ3n) is 6.91. The Kier molecular flexibility index (Phi) is 6.12. The van der Waals surface area contributed by atoms with E-state index in [9.17, 15) is 4.79 Å². The predicted octanol–water partition coefficient (Wildman–Crippen LogP) is 4.54. The molecule has 8 heteroatoms. The highest BCUT2D eigenvalue weighted by Gasteiger charge is 2.51. The normalized spacial score (nSPS) is 24.2. The molecule has 1 aromatic carbocycles. The van der Waals surface area contributed by atoms with Crippen molar-refractivity contribution in [1.82, 2.24) is 15.3 Å². The smallest absolute Gasteiger partial charge is 0.444 e. The van der Waals surface area contributed by atoms with Crippen molar-refractivity contribution < 1.29 is 18.8 Å². The number of amides is 1. The van der Waals surface area contributed by atoms with Crippen LogP contribution < -0.4 is 10.8 Å². The van der Waals surface area contributed by atoms with E-state index in [0.29, 0.717) is 0 Å². The number of rotatable bonds is 4. The average Bonchev–Trinajstić information content (AvgIpc) is 3.39. The maximum atomic E-state index is 12.3. The van der Waals surface area contributed by atoms with Gasteiger partial charge in [-0.2, -0.15) is 0 Å². The molecule has 1 amide bonds. The van der Waals surface area contributed by atoms with E-state index in [1.807, 2.05) is 39.1 Å². The lowest BCUT2D eigenvalue weighted by Gasteiger charge is -2.32. The van der Waals surface area contributed by atoms with Crippen LogP contribution in [0.3, 0.4) is 0 Å². The van der Waals surface area contributed by atoms with Crippen molar-refractivity contribution in [3.63, 3.8) is 0 Å². The molecule has 2 N–H and O–H groups in total. The number of nitrogens with zero attached hydrogens (tertiary/aromatic N) is 1. The standard InChI is InChI=1S/C25H36BN3O4/c1-23(2,3)31-22(30)29-19-10-8-9-18(19)21-27-15-20(28-21)16-11-13-17(14-12-16)26-32-24(4,5)25(6,7)33-26/h11-15,18-19H,8-10H2,1-7H3,(H,27,28)(H,29,30)/t18-,19+/m1/s1. The number of H-pyrrole nitrogens is 1. The summed E-state index contributed by atoms with van der Waals surface area (Å²) in [5, 5.41) is 3.04. The molecular weight excluding hydrogens is 417 g/mol. The number of ether oxygens (including phenoxy) is 1. The van der Waals surface area contributed by atoms with Crippen molar-refractivity contribution in [2.75, 3.05) is 0 Å². The highest BCUT2D eigenvalue weighted by atomic mass is 16.7. The second kappa shape index (κ2) is 8.47. The van der Waals surface area contributed by atoms with Crippen LogP contribution in [0.25, 0.3) is 11.3 Å². The van der Waals surface area contributed by atoms with Crippen molar-refractivity contribution >= 4 is 18.7 Å². The Bertz CT molecular complexity index is 978. The molecule has 1 aliphatic carbocycles. The third-order valence-corrected chi connectivity index (χ3v) is 6.91. The Morgan fingerprint density at radius 2 is 1.76 bits per heavy atom. The SMILES string of the molecule is CC(C)(C)OC(=O)N[C@H]1CCC[C@H]1c1ncc(-c2ccc(B3OC(C)(C)C(C)(C)O3)cc2)[nH]1. The average molecular weight is 453 g/mol. The number of hydrogen-bond donors (Lipinski definition) is 2. The maximum absolute atomic E-state index is 12.3. The highest BCUT2D eigenvalue weighted by molar-refractivity contribution is 6.62. The van der Waals surface area contributed by atoms with Crippen LogP contribution in [0.4, 0.5) is 4.79 Å². The number of alkyl carbamates (subject to hydrolysis) is 1. The fraction of sp³-hybridized carbons (Fsp3) is 0.600. The van der Waals surface area contributed by atoms with Crippen LogP contribution in [-0.2, 0) is 14.0 Å². The summed E-state index contributed by atoms with van der Waals surface area (Å²) in [6, 6.07) is 8.22. The van der Waals surface area contributed by atoms with Gasteiger partial charge in [0.1, 0.15) is 11.4 Å². The quantitative estimate of drug-likeness (QED) is 0.665. The summed E-state index contributed by atoms with van der Waals surface area (Å²) in [4.78, 5) is 20.4. The first-order chi connectivity index (χ1) is 15.3. The number of aromatic nitrogens is 2. The molecular formula is C25H36BN3O4. The number of benzene rings is 1. The van der Waals surface area contributed by atoms with Gasteiger partial charge < -0.3 is 24.3 Å². The van der Waals surface area contributed by atoms with Crippen LogP contribution >= 0.6 is 0 Å². The van der Waals surface area contributed by atoms with E-state index in [-0.39, 0.29) is 36.4 Å². The lowest BCUT2D eigenvalue weighted by Crippen LogP contribution is -2.41. The summed E-state index contributed by atoms with van der Waals surface area (Å²) in [7, 11) is -0.375. The molecule has 1 saturated carbocycles. The Hall–Kier alpha value is -2.32. The second-order valence-electron chi connectivity index (χ2n) is 11.2. The van der Waals surface area contributed by atoms with Crippen molar-refractivity contribution in [2.24, 2.45) is 0 Å². The molecule has 2 aromatic rings. The fourth-order valence-electron chi connectivity index (χ4n) is 4.39. The Labute approximate surface area is 197 Å². The minimum Gasteiger partial charge on any atom is -0.444 e. The summed E-state index contributed by atoms with van der Waals surface area (Å²) in [6.45, 7) is 13.8. The summed E-state index contributed by atoms with van der Waals surface area (Å²) < 4.78 is 17.7. The van der Waals surface area contributed by atoms with E-state index in [1.165, 1.54) is 0 Å². The Balaban J connectivity index is 1.43. The molecule has 33 heavy (non-hydrogen) atoms. The zero-order chi connectivity index (χ0) is 24.0. The minimum absolute atomic E-state index is 0.0181. The topological polar surface area (TPSA) is 85.5 Å². The van der Waals surface area contributed by atoms with E-state index >= 15 is 0 Å². The van der Waals surface area contributed by atoms with Gasteiger partial charge in [0.2, 0.25) is 0 Å². The molecule has 2 fully saturated rings. The first kappa shape index (κ1) is 23.8. The number of carbonyl (C=O) groups is 1. The zero-order valence-corrected chi connectivity index (χ0v) is 20.8. The summed E-state index contributed by atoms with van der Waals surface area (Å²) in [6.07, 6.45) is 4.44. The van der Waals surface area contributed by atoms with Gasteiger partial charge >= 0.3 is 13.2 Å². The van der Waals surface area contributed by atoms with E-state index in [4.69, 9.17) is 14.0 Å². The van der Waals surface area contributed by atoms with Crippen molar-refractivity contribution in [3.8, 4) is 11.3 Å². The Morgan fingerprint density at radius 3 is 2.36 bits per heavy atom. The van der Waals surface area contributed by atoms with Gasteiger partial charge in [0, 0.05) is 12.0 Å². The molecule has 0 spiro atoms. The molecule has 0 unspecified atom stereocenters. The van der Waals surface area contributed by atoms with Gasteiger partial charge in [-0.05, 0) is 72.3 Å². The van der Waals surface area contributed by atoms with Crippen molar-refractivity contribution in [3.05, 3.63) is 36.3 Å². The second-order valence-corrected chi connectivity index (χ2v) is 11.2. The van der Waals surface area contributed by atoms with Gasteiger partial charge in [-0.25, -0.2) is 9.78 Å². The highest BCUT2D eigenvalue weighted by Crippen LogP contribution is 2.37. The largest absolute Gasteiger partial charge is 0.494 e. The van der Waals surface area contributed by atoms with Crippen LogP contribution in [0.15, 0.2) is 30.5 Å². The first-order valence-electron chi connectivity index (χ1n) is 11.8. The minimum atomic E-state index is -0.512. The number of carbonyl (C=O) groups excluding carboxylic acids is 1. The van der Waals surface area contributed by atoms with Gasteiger partial charge in [0.05, 0.1) is 23.1 Å². The molecule has 1 aliphatic heterocycles. The van der Waals surface area contributed by atoms with E-state index in [2.05, 4.69) is 55.1 Å². The lowest BCUT2D eigenvalue weighted by molar-refractivity contribution is 0.00578. The molecule has 7 nitrogen and oxygen atoms in total. The van der Waals surface area contributed by atoms with E-state index in [0.717, 1.165) is 41.8 Å². The number of hydrogen-bond acceptors (Lipinski definition) is 5. The van der Waals surface area contributed by atoms with Gasteiger partial charge in [-0.3, -0.25) is 0 Å². The molecule has 0 radical (unpaired) electrons. The Morgan fingerprint density at radius 1 is 1.12 bits per heavy atom. The van der Waals surface area contributed by atoms with Crippen molar-refractivity contribution in [1.29, 1.82) is 0 Å². The molecule has 2 atom stereocenters. The van der Waals surface area contributed by atoms with Gasteiger partial charge in [0.25, 0.3) is 0 Å². The molecule has 1 saturated heterocycles. The zero-order valence-electron chi connectivity index (χ0n) is 20.8. The first-order valence-corrected chi connectivity index (χ1v) is 11.8. The summed E-state index contributed by atoms with van der Waals surface area (Å²) >= 11 is 0. The lowest BCUT2D eigenvalue weighted by atomic mass is 9.79. The monoisotopic (exact) mass is 453 g/mol. The maximum Gasteiger partial charge on any atom is 0.494 e. The molecule has 2 heterocycles. The number of aromatic amines is 1. The van der Waals surface area contributed by atoms with Crippen LogP contribution in [-0.4, -0.2) is 46.0 Å². The van der Waals surface area contributed by atoms with Crippen LogP contribution in [0.1, 0.15) is 79.5 Å². The predicted molar refractivity (Wildman–Crippen MR) is 129 cm³/mol.